The van der Waals surface area contributed by atoms with Crippen LogP contribution in [0.5, 0.6) is 0 Å². The van der Waals surface area contributed by atoms with Crippen LogP contribution in [0, 0.1) is 5.92 Å². The highest BCUT2D eigenvalue weighted by molar-refractivity contribution is 5.90. The highest BCUT2D eigenvalue weighted by atomic mass is 16.5. The molecule has 1 aromatic heterocycles. The van der Waals surface area contributed by atoms with Gasteiger partial charge in [-0.15, -0.1) is 0 Å². The van der Waals surface area contributed by atoms with Crippen LogP contribution in [0.25, 0.3) is 22.0 Å². The Morgan fingerprint density at radius 2 is 1.84 bits per heavy atom. The van der Waals surface area contributed by atoms with E-state index in [1.165, 1.54) is 23.8 Å². The van der Waals surface area contributed by atoms with Gasteiger partial charge in [0.15, 0.2) is 0 Å². The summed E-state index contributed by atoms with van der Waals surface area (Å²) in [5.74, 6) is 0.981. The van der Waals surface area contributed by atoms with E-state index in [4.69, 9.17) is 10.5 Å². The topological polar surface area (TPSA) is 68.5 Å². The summed E-state index contributed by atoms with van der Waals surface area (Å²) in [5.41, 5.74) is 11.8. The van der Waals surface area contributed by atoms with Gasteiger partial charge in [0.1, 0.15) is 12.1 Å². The summed E-state index contributed by atoms with van der Waals surface area (Å²) in [6, 6.07) is 17.1. The first-order valence-corrected chi connectivity index (χ1v) is 11.3. The third kappa shape index (κ3) is 3.90. The zero-order chi connectivity index (χ0) is 21.2. The maximum atomic E-state index is 11.8. The Hall–Kier alpha value is -2.92. The third-order valence-corrected chi connectivity index (χ3v) is 6.84. The lowest BCUT2D eigenvalue weighted by molar-refractivity contribution is -0.112. The fraction of sp³-hybridized carbons (Fsp3) is 0.385. The van der Waals surface area contributed by atoms with E-state index in [9.17, 15) is 4.79 Å². The van der Waals surface area contributed by atoms with Gasteiger partial charge in [-0.3, -0.25) is 0 Å². The number of aromatic nitrogens is 1. The Morgan fingerprint density at radius 3 is 2.68 bits per heavy atom. The quantitative estimate of drug-likeness (QED) is 0.620. The van der Waals surface area contributed by atoms with Crippen LogP contribution in [0.2, 0.25) is 0 Å². The predicted octanol–water partition coefficient (Wildman–Crippen LogP) is 4.79. The molecule has 5 heteroatoms. The number of fused-ring (bicyclic) bond motifs is 1. The Kier molecular flexibility index (Phi) is 5.60. The predicted molar refractivity (Wildman–Crippen MR) is 125 cm³/mol. The van der Waals surface area contributed by atoms with E-state index in [0.717, 1.165) is 54.5 Å². The summed E-state index contributed by atoms with van der Waals surface area (Å²) in [6.07, 6.45) is 5.57. The first-order valence-electron chi connectivity index (χ1n) is 11.3. The molecule has 2 aromatic carbocycles. The van der Waals surface area contributed by atoms with Crippen LogP contribution in [0.4, 0.5) is 11.5 Å². The molecule has 2 N–H and O–H groups in total. The summed E-state index contributed by atoms with van der Waals surface area (Å²) >= 11 is 0. The smallest absolute Gasteiger partial charge is 0.147 e. The van der Waals surface area contributed by atoms with Crippen LogP contribution in [-0.4, -0.2) is 37.6 Å². The molecule has 0 bridgehead atoms. The number of pyridine rings is 1. The lowest BCUT2D eigenvalue weighted by atomic mass is 9.74. The minimum absolute atomic E-state index is 0.116. The second-order valence-corrected chi connectivity index (χ2v) is 8.68. The van der Waals surface area contributed by atoms with Gasteiger partial charge in [0.25, 0.3) is 0 Å². The normalized spacial score (nSPS) is 21.9. The number of morpholine rings is 1. The number of ether oxygens (including phenoxy) is 1. The number of benzene rings is 2. The molecule has 160 valence electrons. The van der Waals surface area contributed by atoms with Crippen LogP contribution >= 0.6 is 0 Å². The first-order chi connectivity index (χ1) is 15.2. The maximum Gasteiger partial charge on any atom is 0.147 e. The molecule has 31 heavy (non-hydrogen) atoms. The minimum Gasteiger partial charge on any atom is -0.382 e. The Labute approximate surface area is 183 Å². The molecule has 0 amide bonds. The van der Waals surface area contributed by atoms with E-state index >= 15 is 0 Å². The Balaban J connectivity index is 1.56. The molecule has 2 fully saturated rings. The lowest BCUT2D eigenvalue weighted by Gasteiger charge is -2.30. The van der Waals surface area contributed by atoms with Crippen molar-refractivity contribution < 1.29 is 9.53 Å². The molecule has 1 aliphatic heterocycles. The second-order valence-electron chi connectivity index (χ2n) is 8.68. The summed E-state index contributed by atoms with van der Waals surface area (Å²) in [7, 11) is 0. The number of nitrogens with two attached hydrogens (primary N) is 1. The molecule has 3 aromatic rings. The highest BCUT2D eigenvalue weighted by Crippen LogP contribution is 2.41. The van der Waals surface area contributed by atoms with Gasteiger partial charge in [-0.05, 0) is 53.6 Å². The molecular weight excluding hydrogens is 386 g/mol. The van der Waals surface area contributed by atoms with E-state index < -0.39 is 0 Å². The van der Waals surface area contributed by atoms with Crippen molar-refractivity contribution in [1.82, 2.24) is 4.98 Å². The zero-order valence-corrected chi connectivity index (χ0v) is 17.8. The monoisotopic (exact) mass is 415 g/mol. The number of carbonyl (C=O) groups excluding carboxylic acids is 1. The molecule has 0 radical (unpaired) electrons. The van der Waals surface area contributed by atoms with Gasteiger partial charge in [-0.1, -0.05) is 43.2 Å². The molecule has 1 saturated heterocycles. The molecule has 5 rings (SSSR count). The van der Waals surface area contributed by atoms with Crippen molar-refractivity contribution in [1.29, 1.82) is 0 Å². The van der Waals surface area contributed by atoms with Gasteiger partial charge >= 0.3 is 0 Å². The number of carbonyl (C=O) groups is 1. The molecule has 2 unspecified atom stereocenters. The molecule has 1 aliphatic carbocycles. The molecule has 1 saturated carbocycles. The maximum absolute atomic E-state index is 11.8. The van der Waals surface area contributed by atoms with E-state index in [2.05, 4.69) is 58.4 Å². The van der Waals surface area contributed by atoms with Crippen LogP contribution in [0.15, 0.2) is 48.5 Å². The molecule has 5 nitrogen and oxygen atoms in total. The zero-order valence-electron chi connectivity index (χ0n) is 17.8. The number of nitrogen functional groups attached to an aromatic ring is 1. The van der Waals surface area contributed by atoms with E-state index in [1.807, 2.05) is 0 Å². The van der Waals surface area contributed by atoms with Crippen LogP contribution in [-0.2, 0) is 9.53 Å². The summed E-state index contributed by atoms with van der Waals surface area (Å²) in [5, 5.41) is 1.08. The summed E-state index contributed by atoms with van der Waals surface area (Å²) in [6.45, 7) is 3.08. The van der Waals surface area contributed by atoms with Gasteiger partial charge < -0.3 is 20.2 Å². The Morgan fingerprint density at radius 1 is 1.03 bits per heavy atom. The number of nitrogens with zero attached hydrogens (tertiary/aromatic N) is 2. The number of aldehydes is 1. The first kappa shape index (κ1) is 20.0. The van der Waals surface area contributed by atoms with Crippen molar-refractivity contribution in [3.8, 4) is 11.1 Å². The SMILES string of the molecule is Nc1nc2ccc(-c3ccccc3C3CCCCC3C=O)cc2cc1N1CCOCC1. The number of anilines is 2. The minimum atomic E-state index is 0.116. The van der Waals surface area contributed by atoms with Gasteiger partial charge in [0.2, 0.25) is 0 Å². The number of hydrogen-bond acceptors (Lipinski definition) is 5. The average molecular weight is 416 g/mol. The van der Waals surface area contributed by atoms with E-state index in [-0.39, 0.29) is 5.92 Å². The van der Waals surface area contributed by atoms with Crippen molar-refractivity contribution in [2.45, 2.75) is 31.6 Å². The third-order valence-electron chi connectivity index (χ3n) is 6.84. The second kappa shape index (κ2) is 8.67. The Bertz CT molecular complexity index is 1090. The van der Waals surface area contributed by atoms with E-state index in [0.29, 0.717) is 24.9 Å². The molecule has 2 heterocycles. The summed E-state index contributed by atoms with van der Waals surface area (Å²) in [4.78, 5) is 18.7. The fourth-order valence-electron chi connectivity index (χ4n) is 5.20. The van der Waals surface area contributed by atoms with Crippen molar-refractivity contribution in [2.75, 3.05) is 36.9 Å². The lowest BCUT2D eigenvalue weighted by Crippen LogP contribution is -2.36. The van der Waals surface area contributed by atoms with Gasteiger partial charge in [0, 0.05) is 24.4 Å². The average Bonchev–Trinajstić information content (AvgIpc) is 2.84. The van der Waals surface area contributed by atoms with Crippen molar-refractivity contribution in [3.05, 3.63) is 54.1 Å². The molecule has 2 aliphatic rings. The standard InChI is InChI=1S/C26H29N3O2/c27-26-25(29-11-13-31-14-12-29)16-20-15-18(9-10-24(20)28-26)21-6-3-4-8-23(21)22-7-2-1-5-19(22)17-30/h3-4,6,8-10,15-17,19,22H,1-2,5,7,11-14H2,(H2,27,28). The summed E-state index contributed by atoms with van der Waals surface area (Å²) < 4.78 is 5.49. The van der Waals surface area contributed by atoms with Crippen molar-refractivity contribution in [3.63, 3.8) is 0 Å². The van der Waals surface area contributed by atoms with Gasteiger partial charge in [-0.25, -0.2) is 4.98 Å². The molecule has 0 spiro atoms. The van der Waals surface area contributed by atoms with Crippen LogP contribution in [0.1, 0.15) is 37.2 Å². The number of hydrogen-bond donors (Lipinski definition) is 1. The van der Waals surface area contributed by atoms with Crippen molar-refractivity contribution >= 4 is 28.7 Å². The van der Waals surface area contributed by atoms with Crippen LogP contribution < -0.4 is 10.6 Å². The fourth-order valence-corrected chi connectivity index (χ4v) is 5.20. The number of rotatable bonds is 4. The molecular formula is C26H29N3O2. The van der Waals surface area contributed by atoms with E-state index in [1.54, 1.807) is 0 Å². The highest BCUT2D eigenvalue weighted by Gasteiger charge is 2.28. The largest absolute Gasteiger partial charge is 0.382 e. The van der Waals surface area contributed by atoms with Gasteiger partial charge in [-0.2, -0.15) is 0 Å². The van der Waals surface area contributed by atoms with Crippen molar-refractivity contribution in [2.24, 2.45) is 5.92 Å². The van der Waals surface area contributed by atoms with Gasteiger partial charge in [0.05, 0.1) is 24.4 Å². The molecule has 2 atom stereocenters. The van der Waals surface area contributed by atoms with Crippen LogP contribution in [0.3, 0.4) is 0 Å².